The van der Waals surface area contributed by atoms with E-state index in [9.17, 15) is 0 Å². The summed E-state index contributed by atoms with van der Waals surface area (Å²) in [6.07, 6.45) is 6.15. The zero-order valence-corrected chi connectivity index (χ0v) is 18.1. The summed E-state index contributed by atoms with van der Waals surface area (Å²) in [7, 11) is 1.84. The normalized spacial score (nSPS) is 18.1. The van der Waals surface area contributed by atoms with Crippen LogP contribution in [0.2, 0.25) is 0 Å². The molecule has 2 aliphatic rings. The Balaban J connectivity index is 1.16. The Hall–Kier alpha value is -1.79. The number of anilines is 1. The molecule has 0 atom stereocenters. The number of nitrogens with one attached hydrogen (secondary N) is 2. The molecule has 2 N–H and O–H groups in total. The molecule has 0 aromatic heterocycles. The first-order valence-electron chi connectivity index (χ1n) is 11.4. The van der Waals surface area contributed by atoms with Crippen LogP contribution in [-0.4, -0.2) is 76.9 Å². The average Bonchev–Trinajstić information content (AvgIpc) is 3.60. The number of para-hydroxylation sites is 1. The van der Waals surface area contributed by atoms with Gasteiger partial charge in [-0.2, -0.15) is 0 Å². The van der Waals surface area contributed by atoms with Crippen LogP contribution in [0.3, 0.4) is 0 Å². The van der Waals surface area contributed by atoms with E-state index in [-0.39, 0.29) is 0 Å². The lowest BCUT2D eigenvalue weighted by atomic mass is 10.2. The summed E-state index contributed by atoms with van der Waals surface area (Å²) in [6, 6.07) is 10.8. The van der Waals surface area contributed by atoms with Crippen LogP contribution in [0.25, 0.3) is 0 Å². The van der Waals surface area contributed by atoms with Crippen molar-refractivity contribution in [1.82, 2.24) is 15.5 Å². The fraction of sp³-hybridized carbons (Fsp3) is 0.696. The number of aliphatic imine (C=N–C) groups is 1. The number of hydrogen-bond donors (Lipinski definition) is 2. The highest BCUT2D eigenvalue weighted by Gasteiger charge is 2.20. The van der Waals surface area contributed by atoms with Crippen LogP contribution in [0.15, 0.2) is 35.3 Å². The van der Waals surface area contributed by atoms with Gasteiger partial charge in [0.1, 0.15) is 0 Å². The third-order valence-corrected chi connectivity index (χ3v) is 5.72. The number of hydrogen-bond acceptors (Lipinski definition) is 4. The van der Waals surface area contributed by atoms with Gasteiger partial charge in [-0.1, -0.05) is 18.2 Å². The number of nitrogens with zero attached hydrogens (tertiary/aromatic N) is 3. The van der Waals surface area contributed by atoms with Gasteiger partial charge < -0.3 is 20.3 Å². The van der Waals surface area contributed by atoms with E-state index in [4.69, 9.17) is 4.74 Å². The first-order valence-corrected chi connectivity index (χ1v) is 11.4. The van der Waals surface area contributed by atoms with Gasteiger partial charge in [-0.15, -0.1) is 0 Å². The van der Waals surface area contributed by atoms with E-state index in [1.54, 1.807) is 0 Å². The van der Waals surface area contributed by atoms with E-state index in [1.807, 2.05) is 7.05 Å². The quantitative estimate of drug-likeness (QED) is 0.320. The van der Waals surface area contributed by atoms with E-state index < -0.39 is 0 Å². The summed E-state index contributed by atoms with van der Waals surface area (Å²) < 4.78 is 5.67. The lowest BCUT2D eigenvalue weighted by Gasteiger charge is -2.36. The van der Waals surface area contributed by atoms with Crippen LogP contribution in [0.5, 0.6) is 0 Å². The molecule has 1 aliphatic heterocycles. The van der Waals surface area contributed by atoms with Crippen molar-refractivity contribution >= 4 is 11.6 Å². The van der Waals surface area contributed by atoms with E-state index in [2.05, 4.69) is 55.8 Å². The fourth-order valence-electron chi connectivity index (χ4n) is 3.67. The van der Waals surface area contributed by atoms with Crippen molar-refractivity contribution in [2.24, 2.45) is 10.9 Å². The van der Waals surface area contributed by atoms with Crippen LogP contribution in [-0.2, 0) is 4.74 Å². The van der Waals surface area contributed by atoms with Crippen LogP contribution >= 0.6 is 0 Å². The molecule has 162 valence electrons. The molecule has 1 heterocycles. The van der Waals surface area contributed by atoms with Gasteiger partial charge >= 0.3 is 0 Å². The van der Waals surface area contributed by atoms with Gasteiger partial charge in [0.25, 0.3) is 0 Å². The molecule has 0 amide bonds. The fourth-order valence-corrected chi connectivity index (χ4v) is 3.67. The number of ether oxygens (including phenoxy) is 1. The molecule has 0 bridgehead atoms. The molecule has 0 spiro atoms. The standard InChI is InChI=1S/C23H39N5O/c1-24-23(26-13-7-19-29-20-21-10-11-21)25-12-5-6-14-27-15-17-28(18-16-27)22-8-3-2-4-9-22/h2-4,8-9,21H,5-7,10-20H2,1H3,(H2,24,25,26). The predicted octanol–water partition coefficient (Wildman–Crippen LogP) is 2.57. The van der Waals surface area contributed by atoms with Gasteiger partial charge in [-0.25, -0.2) is 0 Å². The molecule has 6 nitrogen and oxygen atoms in total. The number of guanidine groups is 1. The van der Waals surface area contributed by atoms with Crippen LogP contribution in [0.4, 0.5) is 5.69 Å². The van der Waals surface area contributed by atoms with Crippen LogP contribution in [0.1, 0.15) is 32.1 Å². The summed E-state index contributed by atoms with van der Waals surface area (Å²) in [5.41, 5.74) is 1.35. The monoisotopic (exact) mass is 401 g/mol. The van der Waals surface area contributed by atoms with Crippen molar-refractivity contribution in [3.8, 4) is 0 Å². The molecule has 1 aliphatic carbocycles. The van der Waals surface area contributed by atoms with Gasteiger partial charge in [-0.05, 0) is 56.7 Å². The molecular formula is C23H39N5O. The Morgan fingerprint density at radius 2 is 1.72 bits per heavy atom. The third kappa shape index (κ3) is 8.62. The molecule has 6 heteroatoms. The summed E-state index contributed by atoms with van der Waals surface area (Å²) in [5, 5.41) is 6.80. The Bertz CT molecular complexity index is 582. The molecule has 3 rings (SSSR count). The maximum Gasteiger partial charge on any atom is 0.190 e. The SMILES string of the molecule is CN=C(NCCCCN1CCN(c2ccccc2)CC1)NCCCOCC1CC1. The second-order valence-electron chi connectivity index (χ2n) is 8.17. The number of rotatable bonds is 12. The summed E-state index contributed by atoms with van der Waals surface area (Å²) in [6.45, 7) is 9.45. The Labute approximate surface area is 176 Å². The van der Waals surface area contributed by atoms with Gasteiger partial charge in [0.15, 0.2) is 5.96 Å². The average molecular weight is 402 g/mol. The van der Waals surface area contributed by atoms with Crippen molar-refractivity contribution in [3.63, 3.8) is 0 Å². The van der Waals surface area contributed by atoms with E-state index in [1.165, 1.54) is 37.9 Å². The minimum Gasteiger partial charge on any atom is -0.381 e. The second-order valence-corrected chi connectivity index (χ2v) is 8.17. The van der Waals surface area contributed by atoms with Crippen molar-refractivity contribution < 1.29 is 4.74 Å². The first-order chi connectivity index (χ1) is 14.3. The highest BCUT2D eigenvalue weighted by molar-refractivity contribution is 5.79. The minimum atomic E-state index is 0.845. The first kappa shape index (κ1) is 21.9. The Morgan fingerprint density at radius 1 is 1.00 bits per heavy atom. The second kappa shape index (κ2) is 12.7. The molecule has 1 saturated heterocycles. The summed E-state index contributed by atoms with van der Waals surface area (Å²) >= 11 is 0. The number of piperazine rings is 1. The Morgan fingerprint density at radius 3 is 2.41 bits per heavy atom. The summed E-state index contributed by atoms with van der Waals surface area (Å²) in [4.78, 5) is 9.39. The minimum absolute atomic E-state index is 0.845. The molecule has 2 fully saturated rings. The largest absolute Gasteiger partial charge is 0.381 e. The third-order valence-electron chi connectivity index (χ3n) is 5.72. The van der Waals surface area contributed by atoms with Crippen molar-refractivity contribution in [1.29, 1.82) is 0 Å². The zero-order chi connectivity index (χ0) is 20.2. The van der Waals surface area contributed by atoms with Gasteiger partial charge in [0.05, 0.1) is 0 Å². The molecule has 1 saturated carbocycles. The van der Waals surface area contributed by atoms with Gasteiger partial charge in [0, 0.05) is 65.2 Å². The molecule has 29 heavy (non-hydrogen) atoms. The van der Waals surface area contributed by atoms with E-state index in [0.29, 0.717) is 0 Å². The maximum atomic E-state index is 5.67. The summed E-state index contributed by atoms with van der Waals surface area (Å²) in [5.74, 6) is 1.76. The molecule has 1 aromatic rings. The predicted molar refractivity (Wildman–Crippen MR) is 122 cm³/mol. The number of unbranched alkanes of at least 4 members (excludes halogenated alkanes) is 1. The molecule has 0 unspecified atom stereocenters. The van der Waals surface area contributed by atoms with E-state index >= 15 is 0 Å². The lowest BCUT2D eigenvalue weighted by Crippen LogP contribution is -2.46. The van der Waals surface area contributed by atoms with Crippen molar-refractivity contribution in [2.75, 3.05) is 71.0 Å². The molecule has 1 aromatic carbocycles. The number of benzene rings is 1. The molecular weight excluding hydrogens is 362 g/mol. The van der Waals surface area contributed by atoms with Gasteiger partial charge in [0.2, 0.25) is 0 Å². The van der Waals surface area contributed by atoms with E-state index in [0.717, 1.165) is 70.8 Å². The highest BCUT2D eigenvalue weighted by atomic mass is 16.5. The maximum absolute atomic E-state index is 5.67. The van der Waals surface area contributed by atoms with Crippen molar-refractivity contribution in [2.45, 2.75) is 32.1 Å². The Kier molecular flexibility index (Phi) is 9.60. The van der Waals surface area contributed by atoms with Crippen molar-refractivity contribution in [3.05, 3.63) is 30.3 Å². The lowest BCUT2D eigenvalue weighted by molar-refractivity contribution is 0.123. The zero-order valence-electron chi connectivity index (χ0n) is 18.1. The molecule has 0 radical (unpaired) electrons. The van der Waals surface area contributed by atoms with Gasteiger partial charge in [-0.3, -0.25) is 9.89 Å². The topological polar surface area (TPSA) is 52.1 Å². The highest BCUT2D eigenvalue weighted by Crippen LogP contribution is 2.28. The van der Waals surface area contributed by atoms with Crippen LogP contribution in [0, 0.1) is 5.92 Å². The smallest absolute Gasteiger partial charge is 0.190 e. The van der Waals surface area contributed by atoms with Crippen LogP contribution < -0.4 is 15.5 Å².